The summed E-state index contributed by atoms with van der Waals surface area (Å²) in [6.07, 6.45) is 1.30. The van der Waals surface area contributed by atoms with Gasteiger partial charge in [-0.3, -0.25) is 0 Å². The minimum atomic E-state index is -0.424. The molecule has 2 atom stereocenters. The number of rotatable bonds is 2. The van der Waals surface area contributed by atoms with Crippen molar-refractivity contribution in [2.75, 3.05) is 18.1 Å². The molecule has 0 amide bonds. The van der Waals surface area contributed by atoms with Gasteiger partial charge in [0.2, 0.25) is 0 Å². The second-order valence-corrected chi connectivity index (χ2v) is 4.44. The predicted molar refractivity (Wildman–Crippen MR) is 62.3 cm³/mol. The summed E-state index contributed by atoms with van der Waals surface area (Å²) in [5, 5.41) is 9.26. The zero-order chi connectivity index (χ0) is 12.4. The summed E-state index contributed by atoms with van der Waals surface area (Å²) >= 11 is 0. The fourth-order valence-electron chi connectivity index (χ4n) is 2.05. The number of hydrogen-bond acceptors (Lipinski definition) is 4. The molecule has 5 heteroatoms. The van der Waals surface area contributed by atoms with Crippen LogP contribution in [-0.2, 0) is 11.3 Å². The van der Waals surface area contributed by atoms with Crippen LogP contribution in [0.1, 0.15) is 19.4 Å². The summed E-state index contributed by atoms with van der Waals surface area (Å²) < 4.78 is 18.6. The Morgan fingerprint density at radius 1 is 1.59 bits per heavy atom. The van der Waals surface area contributed by atoms with Crippen molar-refractivity contribution in [3.63, 3.8) is 0 Å². The molecule has 1 saturated heterocycles. The predicted octanol–water partition coefficient (Wildman–Crippen LogP) is 1.33. The number of morpholine rings is 1. The molecule has 2 rings (SSSR count). The zero-order valence-corrected chi connectivity index (χ0v) is 10.1. The van der Waals surface area contributed by atoms with Gasteiger partial charge >= 0.3 is 0 Å². The summed E-state index contributed by atoms with van der Waals surface area (Å²) in [6.45, 7) is 5.12. The number of aliphatic hydroxyl groups is 1. The Bertz CT molecular complexity index is 400. The van der Waals surface area contributed by atoms with Crippen molar-refractivity contribution in [3.8, 4) is 0 Å². The topological polar surface area (TPSA) is 45.6 Å². The van der Waals surface area contributed by atoms with Crippen molar-refractivity contribution in [1.82, 2.24) is 4.98 Å². The number of halogens is 1. The highest BCUT2D eigenvalue weighted by molar-refractivity contribution is 5.48. The molecule has 94 valence electrons. The lowest BCUT2D eigenvalue weighted by molar-refractivity contribution is 0.0338. The van der Waals surface area contributed by atoms with Gasteiger partial charge in [-0.15, -0.1) is 0 Å². The lowest BCUT2D eigenvalue weighted by Crippen LogP contribution is -2.48. The van der Waals surface area contributed by atoms with Gasteiger partial charge in [0.15, 0.2) is 0 Å². The normalized spacial score (nSPS) is 25.1. The van der Waals surface area contributed by atoms with Gasteiger partial charge in [-0.1, -0.05) is 0 Å². The smallest absolute Gasteiger partial charge is 0.142 e. The molecule has 1 aromatic heterocycles. The molecule has 2 heterocycles. The molecule has 1 aromatic rings. The first-order valence-corrected chi connectivity index (χ1v) is 5.75. The van der Waals surface area contributed by atoms with E-state index in [2.05, 4.69) is 9.88 Å². The Labute approximate surface area is 100 Å². The molecule has 0 radical (unpaired) electrons. The molecule has 0 aromatic carbocycles. The standard InChI is InChI=1S/C12H17FN2O2/c1-8-7-17-9(2)5-15(8)12-10(6-16)3-11(13)4-14-12/h3-4,8-9,16H,5-7H2,1-2H3. The minimum Gasteiger partial charge on any atom is -0.392 e. The van der Waals surface area contributed by atoms with E-state index < -0.39 is 5.82 Å². The first-order chi connectivity index (χ1) is 8.11. The highest BCUT2D eigenvalue weighted by Gasteiger charge is 2.26. The van der Waals surface area contributed by atoms with Gasteiger partial charge < -0.3 is 14.7 Å². The van der Waals surface area contributed by atoms with Crippen LogP contribution in [0.15, 0.2) is 12.3 Å². The van der Waals surface area contributed by atoms with E-state index in [4.69, 9.17) is 4.74 Å². The molecular formula is C12H17FN2O2. The van der Waals surface area contributed by atoms with E-state index in [0.717, 1.165) is 0 Å². The van der Waals surface area contributed by atoms with Gasteiger partial charge in [0, 0.05) is 12.1 Å². The Kier molecular flexibility index (Phi) is 3.59. The number of anilines is 1. The van der Waals surface area contributed by atoms with Crippen LogP contribution in [0.2, 0.25) is 0 Å². The van der Waals surface area contributed by atoms with Gasteiger partial charge in [-0.05, 0) is 19.9 Å². The van der Waals surface area contributed by atoms with Gasteiger partial charge in [0.05, 0.1) is 31.6 Å². The molecule has 2 unspecified atom stereocenters. The number of hydrogen-bond donors (Lipinski definition) is 1. The third-order valence-corrected chi connectivity index (χ3v) is 2.96. The third-order valence-electron chi connectivity index (χ3n) is 2.96. The van der Waals surface area contributed by atoms with Crippen LogP contribution in [0.4, 0.5) is 10.2 Å². The number of nitrogens with zero attached hydrogens (tertiary/aromatic N) is 2. The van der Waals surface area contributed by atoms with Crippen molar-refractivity contribution in [3.05, 3.63) is 23.6 Å². The van der Waals surface area contributed by atoms with Gasteiger partial charge in [0.1, 0.15) is 11.6 Å². The van der Waals surface area contributed by atoms with Crippen LogP contribution >= 0.6 is 0 Å². The van der Waals surface area contributed by atoms with Crippen molar-refractivity contribution >= 4 is 5.82 Å². The maximum absolute atomic E-state index is 13.1. The summed E-state index contributed by atoms with van der Waals surface area (Å²) in [7, 11) is 0. The maximum Gasteiger partial charge on any atom is 0.142 e. The number of aromatic nitrogens is 1. The van der Waals surface area contributed by atoms with Crippen LogP contribution in [0, 0.1) is 5.82 Å². The Hall–Kier alpha value is -1.20. The Morgan fingerprint density at radius 2 is 2.35 bits per heavy atom. The number of aliphatic hydroxyl groups excluding tert-OH is 1. The van der Waals surface area contributed by atoms with Crippen LogP contribution < -0.4 is 4.90 Å². The van der Waals surface area contributed by atoms with Crippen LogP contribution in [0.25, 0.3) is 0 Å². The second kappa shape index (κ2) is 4.98. The largest absolute Gasteiger partial charge is 0.392 e. The van der Waals surface area contributed by atoms with Crippen molar-refractivity contribution < 1.29 is 14.2 Å². The lowest BCUT2D eigenvalue weighted by atomic mass is 10.1. The number of ether oxygens (including phenoxy) is 1. The highest BCUT2D eigenvalue weighted by Crippen LogP contribution is 2.24. The molecule has 0 aliphatic carbocycles. The van der Waals surface area contributed by atoms with E-state index in [0.29, 0.717) is 24.5 Å². The van der Waals surface area contributed by atoms with Crippen LogP contribution in [0.5, 0.6) is 0 Å². The van der Waals surface area contributed by atoms with Crippen molar-refractivity contribution in [2.24, 2.45) is 0 Å². The number of pyridine rings is 1. The van der Waals surface area contributed by atoms with E-state index in [1.165, 1.54) is 12.3 Å². The van der Waals surface area contributed by atoms with E-state index >= 15 is 0 Å². The van der Waals surface area contributed by atoms with Crippen molar-refractivity contribution in [2.45, 2.75) is 32.6 Å². The summed E-state index contributed by atoms with van der Waals surface area (Å²) in [6, 6.07) is 1.50. The maximum atomic E-state index is 13.1. The van der Waals surface area contributed by atoms with E-state index in [1.807, 2.05) is 13.8 Å². The molecule has 1 fully saturated rings. The molecule has 4 nitrogen and oxygen atoms in total. The third kappa shape index (κ3) is 2.56. The second-order valence-electron chi connectivity index (χ2n) is 4.44. The average Bonchev–Trinajstić information content (AvgIpc) is 2.32. The molecule has 1 aliphatic rings. The van der Waals surface area contributed by atoms with Crippen molar-refractivity contribution in [1.29, 1.82) is 0 Å². The molecule has 17 heavy (non-hydrogen) atoms. The molecule has 1 aliphatic heterocycles. The Morgan fingerprint density at radius 3 is 3.06 bits per heavy atom. The van der Waals surface area contributed by atoms with Gasteiger partial charge in [0.25, 0.3) is 0 Å². The highest BCUT2D eigenvalue weighted by atomic mass is 19.1. The first kappa shape index (κ1) is 12.3. The first-order valence-electron chi connectivity index (χ1n) is 5.75. The molecular weight excluding hydrogens is 223 g/mol. The fraction of sp³-hybridized carbons (Fsp3) is 0.583. The quantitative estimate of drug-likeness (QED) is 0.847. The van der Waals surface area contributed by atoms with E-state index in [-0.39, 0.29) is 18.8 Å². The van der Waals surface area contributed by atoms with Crippen LogP contribution in [-0.4, -0.2) is 35.4 Å². The summed E-state index contributed by atoms with van der Waals surface area (Å²) in [4.78, 5) is 6.15. The fourth-order valence-corrected chi connectivity index (χ4v) is 2.05. The molecule has 0 bridgehead atoms. The van der Waals surface area contributed by atoms with Crippen LogP contribution in [0.3, 0.4) is 0 Å². The minimum absolute atomic E-state index is 0.115. The van der Waals surface area contributed by atoms with Gasteiger partial charge in [-0.25, -0.2) is 9.37 Å². The SMILES string of the molecule is CC1CN(c2ncc(F)cc2CO)C(C)CO1. The molecule has 0 saturated carbocycles. The molecule has 1 N–H and O–H groups in total. The molecule has 0 spiro atoms. The zero-order valence-electron chi connectivity index (χ0n) is 10.1. The van der Waals surface area contributed by atoms with Gasteiger partial charge in [-0.2, -0.15) is 0 Å². The summed E-state index contributed by atoms with van der Waals surface area (Å²) in [5.41, 5.74) is 0.519. The average molecular weight is 240 g/mol. The van der Waals surface area contributed by atoms with E-state index in [1.54, 1.807) is 0 Å². The monoisotopic (exact) mass is 240 g/mol. The van der Waals surface area contributed by atoms with E-state index in [9.17, 15) is 9.50 Å². The summed E-state index contributed by atoms with van der Waals surface area (Å²) in [5.74, 6) is 0.225. The lowest BCUT2D eigenvalue weighted by Gasteiger charge is -2.38. The Balaban J connectivity index is 2.31.